The predicted molar refractivity (Wildman–Crippen MR) is 113 cm³/mol. The topological polar surface area (TPSA) is 76.5 Å². The van der Waals surface area contributed by atoms with Gasteiger partial charge in [0.1, 0.15) is 22.5 Å². The zero-order valence-corrected chi connectivity index (χ0v) is 16.4. The zero-order chi connectivity index (χ0) is 20.1. The Kier molecular flexibility index (Phi) is 5.79. The molecule has 0 spiro atoms. The standard InChI is InChI=1S/C22H22N4O2/c1-5-17(24-14(2)3)22(27)26-19-13-23-20-16(15-9-7-6-8-10-15)11-12-18(28-4)21(20)25-19/h5-13H,1-4H3,(H,25,26,27)/b17-5-. The van der Waals surface area contributed by atoms with E-state index in [9.17, 15) is 4.79 Å². The monoisotopic (exact) mass is 374 g/mol. The minimum Gasteiger partial charge on any atom is -0.494 e. The Bertz CT molecular complexity index is 1070. The molecule has 28 heavy (non-hydrogen) atoms. The molecule has 0 saturated carbocycles. The number of benzene rings is 2. The van der Waals surface area contributed by atoms with Gasteiger partial charge in [0.05, 0.1) is 13.3 Å². The van der Waals surface area contributed by atoms with Crippen LogP contribution in [0.3, 0.4) is 0 Å². The Hall–Kier alpha value is -3.54. The van der Waals surface area contributed by atoms with Crippen molar-refractivity contribution in [3.05, 3.63) is 60.4 Å². The molecule has 2 aromatic carbocycles. The molecule has 0 bridgehead atoms. The Balaban J connectivity index is 2.03. The number of aromatic nitrogens is 2. The Morgan fingerprint density at radius 3 is 2.50 bits per heavy atom. The third-order valence-electron chi connectivity index (χ3n) is 4.06. The largest absolute Gasteiger partial charge is 0.494 e. The quantitative estimate of drug-likeness (QED) is 0.522. The second kappa shape index (κ2) is 8.43. The highest BCUT2D eigenvalue weighted by Crippen LogP contribution is 2.32. The molecular formula is C22H22N4O2. The van der Waals surface area contributed by atoms with Gasteiger partial charge >= 0.3 is 0 Å². The van der Waals surface area contributed by atoms with Crippen molar-refractivity contribution in [2.24, 2.45) is 4.99 Å². The van der Waals surface area contributed by atoms with E-state index in [0.717, 1.165) is 16.8 Å². The second-order valence-electron chi connectivity index (χ2n) is 6.32. The summed E-state index contributed by atoms with van der Waals surface area (Å²) < 4.78 is 5.45. The van der Waals surface area contributed by atoms with E-state index >= 15 is 0 Å². The maximum Gasteiger partial charge on any atom is 0.275 e. The summed E-state index contributed by atoms with van der Waals surface area (Å²) in [6.45, 7) is 5.44. The summed E-state index contributed by atoms with van der Waals surface area (Å²) in [7, 11) is 1.58. The van der Waals surface area contributed by atoms with Gasteiger partial charge in [0.25, 0.3) is 5.91 Å². The molecular weight excluding hydrogens is 352 g/mol. The van der Waals surface area contributed by atoms with E-state index in [0.29, 0.717) is 28.3 Å². The fourth-order valence-electron chi connectivity index (χ4n) is 2.82. The van der Waals surface area contributed by atoms with Gasteiger partial charge in [-0.1, -0.05) is 36.4 Å². The van der Waals surface area contributed by atoms with E-state index in [1.54, 1.807) is 26.3 Å². The molecule has 0 aliphatic heterocycles. The fraction of sp³-hybridized carbons (Fsp3) is 0.182. The highest BCUT2D eigenvalue weighted by Gasteiger charge is 2.14. The molecule has 0 unspecified atom stereocenters. The number of fused-ring (bicyclic) bond motifs is 1. The molecule has 0 saturated heterocycles. The molecule has 0 fully saturated rings. The number of rotatable bonds is 5. The molecule has 1 N–H and O–H groups in total. The lowest BCUT2D eigenvalue weighted by Gasteiger charge is -2.11. The van der Waals surface area contributed by atoms with Crippen molar-refractivity contribution in [2.75, 3.05) is 12.4 Å². The van der Waals surface area contributed by atoms with E-state index in [4.69, 9.17) is 4.74 Å². The normalized spacial score (nSPS) is 11.2. The fourth-order valence-corrected chi connectivity index (χ4v) is 2.82. The van der Waals surface area contributed by atoms with Crippen LogP contribution < -0.4 is 10.1 Å². The van der Waals surface area contributed by atoms with E-state index in [1.807, 2.05) is 56.3 Å². The molecule has 6 heteroatoms. The third-order valence-corrected chi connectivity index (χ3v) is 4.06. The van der Waals surface area contributed by atoms with Crippen LogP contribution in [0.15, 0.2) is 65.4 Å². The number of aliphatic imine (C=N–C) groups is 1. The highest BCUT2D eigenvalue weighted by molar-refractivity contribution is 6.05. The molecule has 0 aliphatic carbocycles. The summed E-state index contributed by atoms with van der Waals surface area (Å²) >= 11 is 0. The third kappa shape index (κ3) is 4.06. The summed E-state index contributed by atoms with van der Waals surface area (Å²) in [5.74, 6) is 0.590. The number of carbonyl (C=O) groups is 1. The van der Waals surface area contributed by atoms with Gasteiger partial charge < -0.3 is 10.1 Å². The van der Waals surface area contributed by atoms with E-state index in [2.05, 4.69) is 20.3 Å². The number of carbonyl (C=O) groups excluding carboxylic acids is 1. The SMILES string of the molecule is C/C=C(\N=C(C)C)C(=O)Nc1cnc2c(-c3ccccc3)ccc(OC)c2n1. The molecule has 1 aromatic heterocycles. The first-order chi connectivity index (χ1) is 13.5. The van der Waals surface area contributed by atoms with Crippen molar-refractivity contribution < 1.29 is 9.53 Å². The molecule has 142 valence electrons. The lowest BCUT2D eigenvalue weighted by Crippen LogP contribution is -2.15. The molecule has 0 atom stereocenters. The maximum absolute atomic E-state index is 12.5. The first kappa shape index (κ1) is 19.2. The van der Waals surface area contributed by atoms with Gasteiger partial charge in [-0.15, -0.1) is 0 Å². The van der Waals surface area contributed by atoms with Gasteiger partial charge in [-0.05, 0) is 38.5 Å². The predicted octanol–water partition coefficient (Wildman–Crippen LogP) is 4.63. The first-order valence-corrected chi connectivity index (χ1v) is 8.92. The van der Waals surface area contributed by atoms with E-state index in [1.165, 1.54) is 0 Å². The Labute approximate surface area is 164 Å². The van der Waals surface area contributed by atoms with Crippen LogP contribution in [-0.4, -0.2) is 28.7 Å². The first-order valence-electron chi connectivity index (χ1n) is 8.92. The number of hydrogen-bond acceptors (Lipinski definition) is 5. The summed E-state index contributed by atoms with van der Waals surface area (Å²) in [6, 6.07) is 13.8. The number of ether oxygens (including phenoxy) is 1. The lowest BCUT2D eigenvalue weighted by molar-refractivity contribution is -0.112. The van der Waals surface area contributed by atoms with Crippen LogP contribution in [0, 0.1) is 0 Å². The van der Waals surface area contributed by atoms with Crippen LogP contribution in [0.1, 0.15) is 20.8 Å². The minimum absolute atomic E-state index is 0.326. The van der Waals surface area contributed by atoms with Crippen LogP contribution >= 0.6 is 0 Å². The smallest absolute Gasteiger partial charge is 0.275 e. The number of hydrogen-bond donors (Lipinski definition) is 1. The van der Waals surface area contributed by atoms with Crippen LogP contribution in [0.4, 0.5) is 5.82 Å². The van der Waals surface area contributed by atoms with Crippen molar-refractivity contribution >= 4 is 28.5 Å². The average Bonchev–Trinajstić information content (AvgIpc) is 2.71. The molecule has 1 heterocycles. The van der Waals surface area contributed by atoms with Gasteiger partial charge in [-0.3, -0.25) is 9.79 Å². The Morgan fingerprint density at radius 1 is 1.11 bits per heavy atom. The number of nitrogens with zero attached hydrogens (tertiary/aromatic N) is 3. The van der Waals surface area contributed by atoms with Crippen molar-refractivity contribution in [3.63, 3.8) is 0 Å². The summed E-state index contributed by atoms with van der Waals surface area (Å²) in [5, 5.41) is 2.76. The van der Waals surface area contributed by atoms with Crippen molar-refractivity contribution in [3.8, 4) is 16.9 Å². The molecule has 6 nitrogen and oxygen atoms in total. The molecule has 0 aliphatic rings. The highest BCUT2D eigenvalue weighted by atomic mass is 16.5. The Morgan fingerprint density at radius 2 is 1.86 bits per heavy atom. The number of anilines is 1. The van der Waals surface area contributed by atoms with Crippen molar-refractivity contribution in [2.45, 2.75) is 20.8 Å². The van der Waals surface area contributed by atoms with Gasteiger partial charge in [0.2, 0.25) is 0 Å². The average molecular weight is 374 g/mol. The second-order valence-corrected chi connectivity index (χ2v) is 6.32. The molecule has 3 aromatic rings. The zero-order valence-electron chi connectivity index (χ0n) is 16.4. The number of methoxy groups -OCH3 is 1. The molecule has 3 rings (SSSR count). The van der Waals surface area contributed by atoms with Crippen LogP contribution in [-0.2, 0) is 4.79 Å². The van der Waals surface area contributed by atoms with Crippen molar-refractivity contribution in [1.82, 2.24) is 9.97 Å². The molecule has 0 radical (unpaired) electrons. The maximum atomic E-state index is 12.5. The van der Waals surface area contributed by atoms with E-state index in [-0.39, 0.29) is 5.91 Å². The minimum atomic E-state index is -0.337. The van der Waals surface area contributed by atoms with Gasteiger partial charge in [-0.2, -0.15) is 0 Å². The van der Waals surface area contributed by atoms with Gasteiger partial charge in [-0.25, -0.2) is 9.97 Å². The van der Waals surface area contributed by atoms with Crippen molar-refractivity contribution in [1.29, 1.82) is 0 Å². The number of allylic oxidation sites excluding steroid dienone is 1. The lowest BCUT2D eigenvalue weighted by atomic mass is 10.0. The van der Waals surface area contributed by atoms with Crippen LogP contribution in [0.25, 0.3) is 22.2 Å². The van der Waals surface area contributed by atoms with Gasteiger partial charge in [0, 0.05) is 11.3 Å². The summed E-state index contributed by atoms with van der Waals surface area (Å²) in [6.07, 6.45) is 3.20. The molecule has 1 amide bonds. The van der Waals surface area contributed by atoms with Gasteiger partial charge in [0.15, 0.2) is 5.82 Å². The summed E-state index contributed by atoms with van der Waals surface area (Å²) in [5.41, 5.74) is 4.39. The van der Waals surface area contributed by atoms with Crippen LogP contribution in [0.5, 0.6) is 5.75 Å². The summed E-state index contributed by atoms with van der Waals surface area (Å²) in [4.78, 5) is 25.8. The number of nitrogens with one attached hydrogen (secondary N) is 1. The van der Waals surface area contributed by atoms with E-state index < -0.39 is 0 Å². The number of amides is 1. The van der Waals surface area contributed by atoms with Crippen LogP contribution in [0.2, 0.25) is 0 Å².